The van der Waals surface area contributed by atoms with Crippen molar-refractivity contribution in [2.24, 2.45) is 0 Å². The van der Waals surface area contributed by atoms with E-state index in [0.717, 1.165) is 24.4 Å². The first-order chi connectivity index (χ1) is 9.79. The number of benzene rings is 1. The molecule has 0 radical (unpaired) electrons. The lowest BCUT2D eigenvalue weighted by molar-refractivity contribution is 0.300. The summed E-state index contributed by atoms with van der Waals surface area (Å²) in [7, 11) is 0. The van der Waals surface area contributed by atoms with Crippen molar-refractivity contribution in [3.8, 4) is 5.75 Å². The van der Waals surface area contributed by atoms with E-state index in [4.69, 9.17) is 4.74 Å². The normalized spacial score (nSPS) is 12.1. The Morgan fingerprint density at radius 2 is 2.10 bits per heavy atom. The molecule has 106 valence electrons. The average molecular weight is 270 g/mol. The molecule has 1 unspecified atom stereocenters. The second-order valence-corrected chi connectivity index (χ2v) is 4.86. The molecule has 0 aliphatic heterocycles. The van der Waals surface area contributed by atoms with E-state index in [1.165, 1.54) is 5.56 Å². The average Bonchev–Trinajstić information content (AvgIpc) is 2.52. The van der Waals surface area contributed by atoms with Gasteiger partial charge in [0.2, 0.25) is 0 Å². The van der Waals surface area contributed by atoms with Crippen molar-refractivity contribution in [1.82, 2.24) is 10.3 Å². The Hall–Kier alpha value is -1.87. The highest BCUT2D eigenvalue weighted by atomic mass is 16.5. The third kappa shape index (κ3) is 4.35. The van der Waals surface area contributed by atoms with Gasteiger partial charge in [0, 0.05) is 12.2 Å². The molecule has 3 heteroatoms. The van der Waals surface area contributed by atoms with Crippen LogP contribution in [0.4, 0.5) is 0 Å². The second kappa shape index (κ2) is 7.65. The number of nitrogens with one attached hydrogen (secondary N) is 1. The molecule has 1 atom stereocenters. The molecule has 0 spiro atoms. The van der Waals surface area contributed by atoms with E-state index >= 15 is 0 Å². The Balaban J connectivity index is 1.95. The van der Waals surface area contributed by atoms with Crippen LogP contribution in [0.15, 0.2) is 48.7 Å². The van der Waals surface area contributed by atoms with Crippen LogP contribution in [-0.4, -0.2) is 11.5 Å². The van der Waals surface area contributed by atoms with Crippen LogP contribution in [0.25, 0.3) is 0 Å². The van der Waals surface area contributed by atoms with Gasteiger partial charge >= 0.3 is 0 Å². The van der Waals surface area contributed by atoms with Gasteiger partial charge in [-0.05, 0) is 49.7 Å². The first-order valence-corrected chi connectivity index (χ1v) is 7.15. The van der Waals surface area contributed by atoms with Gasteiger partial charge in [-0.2, -0.15) is 0 Å². The zero-order chi connectivity index (χ0) is 14.2. The van der Waals surface area contributed by atoms with Crippen molar-refractivity contribution < 1.29 is 4.74 Å². The minimum absolute atomic E-state index is 0.341. The number of hydrogen-bond acceptors (Lipinski definition) is 3. The Kier molecular flexibility index (Phi) is 5.56. The zero-order valence-corrected chi connectivity index (χ0v) is 12.2. The minimum atomic E-state index is 0.341. The molecular weight excluding hydrogens is 248 g/mol. The standard InChI is InChI=1S/C17H22N2O/c1-3-10-18-14(2)15-7-6-9-17(12-15)20-13-16-8-4-5-11-19-16/h4-9,11-12,14,18H,3,10,13H2,1-2H3. The summed E-state index contributed by atoms with van der Waals surface area (Å²) in [4.78, 5) is 4.25. The van der Waals surface area contributed by atoms with E-state index in [1.807, 2.05) is 30.3 Å². The third-order valence-corrected chi connectivity index (χ3v) is 3.17. The lowest BCUT2D eigenvalue weighted by Gasteiger charge is -2.15. The van der Waals surface area contributed by atoms with Gasteiger partial charge in [0.25, 0.3) is 0 Å². The van der Waals surface area contributed by atoms with Crippen molar-refractivity contribution in [3.63, 3.8) is 0 Å². The van der Waals surface area contributed by atoms with Gasteiger partial charge < -0.3 is 10.1 Å². The van der Waals surface area contributed by atoms with E-state index in [9.17, 15) is 0 Å². The Morgan fingerprint density at radius 1 is 1.20 bits per heavy atom. The van der Waals surface area contributed by atoms with Gasteiger partial charge in [0.05, 0.1) is 5.69 Å². The van der Waals surface area contributed by atoms with E-state index in [0.29, 0.717) is 12.6 Å². The predicted molar refractivity (Wildman–Crippen MR) is 81.7 cm³/mol. The van der Waals surface area contributed by atoms with Crippen LogP contribution in [0, 0.1) is 0 Å². The predicted octanol–water partition coefficient (Wildman–Crippen LogP) is 3.72. The van der Waals surface area contributed by atoms with E-state index in [1.54, 1.807) is 6.20 Å². The zero-order valence-electron chi connectivity index (χ0n) is 12.2. The monoisotopic (exact) mass is 270 g/mol. The Morgan fingerprint density at radius 3 is 2.85 bits per heavy atom. The Bertz CT molecular complexity index is 513. The molecule has 0 bridgehead atoms. The topological polar surface area (TPSA) is 34.1 Å². The first kappa shape index (κ1) is 14.5. The van der Waals surface area contributed by atoms with Crippen molar-refractivity contribution in [2.75, 3.05) is 6.54 Å². The summed E-state index contributed by atoms with van der Waals surface area (Å²) in [6.45, 7) is 5.88. The van der Waals surface area contributed by atoms with Crippen molar-refractivity contribution >= 4 is 0 Å². The number of hydrogen-bond donors (Lipinski definition) is 1. The van der Waals surface area contributed by atoms with Crippen LogP contribution in [0.2, 0.25) is 0 Å². The molecule has 1 aromatic heterocycles. The molecule has 2 aromatic rings. The maximum atomic E-state index is 5.80. The SMILES string of the molecule is CCCNC(C)c1cccc(OCc2ccccn2)c1. The molecule has 0 fully saturated rings. The van der Waals surface area contributed by atoms with Gasteiger partial charge in [-0.25, -0.2) is 0 Å². The molecule has 3 nitrogen and oxygen atoms in total. The fraction of sp³-hybridized carbons (Fsp3) is 0.353. The summed E-state index contributed by atoms with van der Waals surface area (Å²) < 4.78 is 5.80. The minimum Gasteiger partial charge on any atom is -0.487 e. The lowest BCUT2D eigenvalue weighted by Crippen LogP contribution is -2.19. The first-order valence-electron chi connectivity index (χ1n) is 7.15. The molecule has 0 aliphatic carbocycles. The van der Waals surface area contributed by atoms with Crippen LogP contribution in [-0.2, 0) is 6.61 Å². The molecule has 20 heavy (non-hydrogen) atoms. The van der Waals surface area contributed by atoms with Crippen molar-refractivity contribution in [2.45, 2.75) is 32.9 Å². The van der Waals surface area contributed by atoms with Crippen molar-refractivity contribution in [3.05, 3.63) is 59.9 Å². The highest BCUT2D eigenvalue weighted by Crippen LogP contribution is 2.19. The quantitative estimate of drug-likeness (QED) is 0.832. The van der Waals surface area contributed by atoms with Crippen LogP contribution < -0.4 is 10.1 Å². The highest BCUT2D eigenvalue weighted by molar-refractivity contribution is 5.30. The van der Waals surface area contributed by atoms with Gasteiger partial charge in [-0.3, -0.25) is 4.98 Å². The fourth-order valence-electron chi connectivity index (χ4n) is 1.99. The summed E-state index contributed by atoms with van der Waals surface area (Å²) in [5.74, 6) is 0.887. The van der Waals surface area contributed by atoms with Crippen LogP contribution in [0.3, 0.4) is 0 Å². The molecule has 1 heterocycles. The molecule has 0 saturated carbocycles. The number of ether oxygens (including phenoxy) is 1. The van der Waals surface area contributed by atoms with Crippen LogP contribution in [0.1, 0.15) is 37.6 Å². The van der Waals surface area contributed by atoms with E-state index < -0.39 is 0 Å². The van der Waals surface area contributed by atoms with E-state index in [-0.39, 0.29) is 0 Å². The molecule has 2 rings (SSSR count). The summed E-state index contributed by atoms with van der Waals surface area (Å²) in [6, 6.07) is 14.4. The van der Waals surface area contributed by atoms with Crippen LogP contribution in [0.5, 0.6) is 5.75 Å². The number of pyridine rings is 1. The summed E-state index contributed by atoms with van der Waals surface area (Å²) >= 11 is 0. The largest absolute Gasteiger partial charge is 0.487 e. The number of aromatic nitrogens is 1. The highest BCUT2D eigenvalue weighted by Gasteiger charge is 2.05. The van der Waals surface area contributed by atoms with Gasteiger partial charge in [-0.1, -0.05) is 25.1 Å². The fourth-order valence-corrected chi connectivity index (χ4v) is 1.99. The maximum Gasteiger partial charge on any atom is 0.130 e. The molecular formula is C17H22N2O. The summed E-state index contributed by atoms with van der Waals surface area (Å²) in [5, 5.41) is 3.48. The number of rotatable bonds is 7. The maximum absolute atomic E-state index is 5.80. The van der Waals surface area contributed by atoms with Gasteiger partial charge in [-0.15, -0.1) is 0 Å². The van der Waals surface area contributed by atoms with Gasteiger partial charge in [0.1, 0.15) is 12.4 Å². The van der Waals surface area contributed by atoms with E-state index in [2.05, 4.69) is 36.3 Å². The third-order valence-electron chi connectivity index (χ3n) is 3.17. The van der Waals surface area contributed by atoms with Crippen LogP contribution >= 0.6 is 0 Å². The number of nitrogens with zero attached hydrogens (tertiary/aromatic N) is 1. The molecule has 1 aromatic carbocycles. The Labute approximate surface area is 121 Å². The molecule has 0 aliphatic rings. The lowest BCUT2D eigenvalue weighted by atomic mass is 10.1. The smallest absolute Gasteiger partial charge is 0.130 e. The second-order valence-electron chi connectivity index (χ2n) is 4.86. The molecule has 0 saturated heterocycles. The summed E-state index contributed by atoms with van der Waals surface area (Å²) in [5.41, 5.74) is 2.19. The molecule has 1 N–H and O–H groups in total. The molecule has 0 amide bonds. The summed E-state index contributed by atoms with van der Waals surface area (Å²) in [6.07, 6.45) is 2.92. The van der Waals surface area contributed by atoms with Gasteiger partial charge in [0.15, 0.2) is 0 Å². The van der Waals surface area contributed by atoms with Crippen molar-refractivity contribution in [1.29, 1.82) is 0 Å².